The van der Waals surface area contributed by atoms with Gasteiger partial charge < -0.3 is 4.74 Å². The number of ether oxygens (including phenoxy) is 1. The van der Waals surface area contributed by atoms with Gasteiger partial charge in [-0.1, -0.05) is 0 Å². The fourth-order valence-electron chi connectivity index (χ4n) is 1.36. The van der Waals surface area contributed by atoms with E-state index in [1.165, 1.54) is 18.4 Å². The molecule has 0 aliphatic rings. The van der Waals surface area contributed by atoms with Gasteiger partial charge in [0.25, 0.3) is 0 Å². The minimum Gasteiger partial charge on any atom is -0.481 e. The number of pyridine rings is 1. The molecule has 0 aliphatic carbocycles. The van der Waals surface area contributed by atoms with E-state index in [0.29, 0.717) is 5.88 Å². The molecule has 0 bridgehead atoms. The molecule has 0 unspecified atom stereocenters. The number of nitrogens with zero attached hydrogens (tertiary/aromatic N) is 1. The van der Waals surface area contributed by atoms with Crippen LogP contribution in [0.15, 0.2) is 38.5 Å². The molecule has 0 aliphatic heterocycles. The highest BCUT2D eigenvalue weighted by Gasteiger charge is 2.16. The zero-order valence-electron chi connectivity index (χ0n) is 9.96. The van der Waals surface area contributed by atoms with Gasteiger partial charge >= 0.3 is 0 Å². The lowest BCUT2D eigenvalue weighted by molar-refractivity contribution is 0.397. The summed E-state index contributed by atoms with van der Waals surface area (Å²) in [6.07, 6.45) is 1.57. The Morgan fingerprint density at radius 3 is 2.84 bits per heavy atom. The highest BCUT2D eigenvalue weighted by molar-refractivity contribution is 9.11. The van der Waals surface area contributed by atoms with E-state index < -0.39 is 10.0 Å². The van der Waals surface area contributed by atoms with Crippen LogP contribution in [0.5, 0.6) is 5.88 Å². The van der Waals surface area contributed by atoms with E-state index >= 15 is 0 Å². The van der Waals surface area contributed by atoms with E-state index in [1.54, 1.807) is 30.5 Å². The third kappa shape index (κ3) is 3.75. The van der Waals surface area contributed by atoms with Crippen molar-refractivity contribution in [2.24, 2.45) is 0 Å². The molecule has 2 rings (SSSR count). The fourth-order valence-corrected chi connectivity index (χ4v) is 4.44. The van der Waals surface area contributed by atoms with Crippen LogP contribution in [0.2, 0.25) is 0 Å². The van der Waals surface area contributed by atoms with Gasteiger partial charge in [-0.25, -0.2) is 18.1 Å². The molecular weight excluding hydrogens is 352 g/mol. The van der Waals surface area contributed by atoms with E-state index in [9.17, 15) is 8.42 Å². The van der Waals surface area contributed by atoms with Crippen LogP contribution in [-0.2, 0) is 16.6 Å². The van der Waals surface area contributed by atoms with E-state index in [-0.39, 0.29) is 10.8 Å². The second-order valence-corrected chi connectivity index (χ2v) is 8.05. The second-order valence-electron chi connectivity index (χ2n) is 3.59. The molecule has 1 N–H and O–H groups in total. The number of thiophene rings is 1. The van der Waals surface area contributed by atoms with Crippen molar-refractivity contribution in [3.05, 3.63) is 39.8 Å². The molecule has 102 valence electrons. The van der Waals surface area contributed by atoms with E-state index in [2.05, 4.69) is 25.6 Å². The summed E-state index contributed by atoms with van der Waals surface area (Å²) in [5, 5.41) is 0. The first-order valence-electron chi connectivity index (χ1n) is 5.25. The minimum atomic E-state index is -3.48. The molecule has 2 heterocycles. The molecule has 0 amide bonds. The van der Waals surface area contributed by atoms with Crippen LogP contribution >= 0.6 is 27.3 Å². The van der Waals surface area contributed by atoms with Crippen molar-refractivity contribution in [2.75, 3.05) is 7.11 Å². The number of sulfonamides is 1. The van der Waals surface area contributed by atoms with Crippen LogP contribution in [0.1, 0.15) is 5.56 Å². The Kier molecular flexibility index (Phi) is 4.56. The maximum atomic E-state index is 12.0. The number of nitrogens with one attached hydrogen (secondary N) is 1. The van der Waals surface area contributed by atoms with E-state index in [4.69, 9.17) is 4.74 Å². The predicted molar refractivity (Wildman–Crippen MR) is 76.8 cm³/mol. The lowest BCUT2D eigenvalue weighted by atomic mass is 10.3. The van der Waals surface area contributed by atoms with Crippen LogP contribution in [0, 0.1) is 0 Å². The third-order valence-electron chi connectivity index (χ3n) is 2.29. The Morgan fingerprint density at radius 2 is 2.21 bits per heavy atom. The molecule has 0 spiro atoms. The molecule has 0 aromatic carbocycles. The van der Waals surface area contributed by atoms with E-state index in [1.807, 2.05) is 0 Å². The first-order valence-corrected chi connectivity index (χ1v) is 8.34. The lowest BCUT2D eigenvalue weighted by Gasteiger charge is -2.06. The van der Waals surface area contributed by atoms with Gasteiger partial charge in [0.05, 0.1) is 10.9 Å². The van der Waals surface area contributed by atoms with Gasteiger partial charge in [0.2, 0.25) is 15.9 Å². The number of methoxy groups -OCH3 is 1. The van der Waals surface area contributed by atoms with Crippen molar-refractivity contribution in [3.63, 3.8) is 0 Å². The maximum Gasteiger partial charge on any atom is 0.250 e. The Bertz CT molecular complexity index is 670. The standard InChI is InChI=1S/C11H11BrN2O3S2/c1-17-10-6-8(4-5-13-10)7-14-19(15,16)11-3-2-9(12)18-11/h2-6,14H,7H2,1H3. The van der Waals surface area contributed by atoms with E-state index in [0.717, 1.165) is 9.35 Å². The zero-order valence-corrected chi connectivity index (χ0v) is 13.2. The van der Waals surface area contributed by atoms with Gasteiger partial charge in [-0.2, -0.15) is 0 Å². The monoisotopic (exact) mass is 362 g/mol. The van der Waals surface area contributed by atoms with Crippen molar-refractivity contribution in [2.45, 2.75) is 10.8 Å². The Morgan fingerprint density at radius 1 is 1.42 bits per heavy atom. The Hall–Kier alpha value is -0.960. The normalized spacial score (nSPS) is 11.5. The Labute approximate surface area is 123 Å². The minimum absolute atomic E-state index is 0.191. The summed E-state index contributed by atoms with van der Waals surface area (Å²) in [5.41, 5.74) is 0.783. The molecular formula is C11H11BrN2O3S2. The quantitative estimate of drug-likeness (QED) is 0.886. The van der Waals surface area contributed by atoms with Gasteiger partial charge in [0.15, 0.2) is 0 Å². The Balaban J connectivity index is 2.09. The van der Waals surface area contributed by atoms with Crippen LogP contribution in [-0.4, -0.2) is 20.5 Å². The van der Waals surface area contributed by atoms with Gasteiger partial charge in [0.1, 0.15) is 4.21 Å². The molecule has 0 radical (unpaired) electrons. The lowest BCUT2D eigenvalue weighted by Crippen LogP contribution is -2.22. The van der Waals surface area contributed by atoms with Gasteiger partial charge in [0, 0.05) is 18.8 Å². The second kappa shape index (κ2) is 6.00. The van der Waals surface area contributed by atoms with Crippen LogP contribution in [0.25, 0.3) is 0 Å². The average molecular weight is 363 g/mol. The number of hydrogen-bond donors (Lipinski definition) is 1. The molecule has 0 fully saturated rings. The topological polar surface area (TPSA) is 68.3 Å². The van der Waals surface area contributed by atoms with Crippen LogP contribution in [0.3, 0.4) is 0 Å². The predicted octanol–water partition coefficient (Wildman–Crippen LogP) is 2.39. The number of aromatic nitrogens is 1. The average Bonchev–Trinajstić information content (AvgIpc) is 2.84. The summed E-state index contributed by atoms with van der Waals surface area (Å²) in [5.74, 6) is 0.454. The zero-order chi connectivity index (χ0) is 13.9. The van der Waals surface area contributed by atoms with Crippen molar-refractivity contribution >= 4 is 37.3 Å². The van der Waals surface area contributed by atoms with Gasteiger partial charge in [-0.3, -0.25) is 0 Å². The molecule has 19 heavy (non-hydrogen) atoms. The molecule has 2 aromatic rings. The molecule has 0 saturated heterocycles. The molecule has 5 nitrogen and oxygen atoms in total. The van der Waals surface area contributed by atoms with Crippen molar-refractivity contribution in [1.29, 1.82) is 0 Å². The van der Waals surface area contributed by atoms with Gasteiger partial charge in [-0.15, -0.1) is 11.3 Å². The molecule has 2 aromatic heterocycles. The summed E-state index contributed by atoms with van der Waals surface area (Å²) in [7, 11) is -1.97. The summed E-state index contributed by atoms with van der Waals surface area (Å²) in [4.78, 5) is 3.96. The first kappa shape index (κ1) is 14.4. The first-order chi connectivity index (χ1) is 9.01. The smallest absolute Gasteiger partial charge is 0.250 e. The number of halogens is 1. The van der Waals surface area contributed by atoms with Crippen molar-refractivity contribution in [1.82, 2.24) is 9.71 Å². The van der Waals surface area contributed by atoms with Crippen LogP contribution < -0.4 is 9.46 Å². The molecule has 8 heteroatoms. The molecule has 0 atom stereocenters. The van der Waals surface area contributed by atoms with Gasteiger partial charge in [-0.05, 0) is 39.7 Å². The van der Waals surface area contributed by atoms with Crippen molar-refractivity contribution < 1.29 is 13.2 Å². The summed E-state index contributed by atoms with van der Waals surface area (Å²) >= 11 is 4.41. The maximum absolute atomic E-state index is 12.0. The summed E-state index contributed by atoms with van der Waals surface area (Å²) < 4.78 is 32.6. The highest BCUT2D eigenvalue weighted by Crippen LogP contribution is 2.25. The van der Waals surface area contributed by atoms with Crippen LogP contribution in [0.4, 0.5) is 0 Å². The number of hydrogen-bond acceptors (Lipinski definition) is 5. The SMILES string of the molecule is COc1cc(CNS(=O)(=O)c2ccc(Br)s2)ccn1. The third-order valence-corrected chi connectivity index (χ3v) is 5.80. The summed E-state index contributed by atoms with van der Waals surface area (Å²) in [6, 6.07) is 6.68. The fraction of sp³-hybridized carbons (Fsp3) is 0.182. The largest absolute Gasteiger partial charge is 0.481 e. The highest BCUT2D eigenvalue weighted by atomic mass is 79.9. The van der Waals surface area contributed by atoms with Crippen molar-refractivity contribution in [3.8, 4) is 5.88 Å². The molecule has 0 saturated carbocycles. The number of rotatable bonds is 5. The summed E-state index contributed by atoms with van der Waals surface area (Å²) in [6.45, 7) is 0.191.